The van der Waals surface area contributed by atoms with Gasteiger partial charge in [0, 0.05) is 18.3 Å². The Bertz CT molecular complexity index is 705. The highest BCUT2D eigenvalue weighted by Gasteiger charge is 2.57. The van der Waals surface area contributed by atoms with Crippen LogP contribution < -0.4 is 0 Å². The zero-order chi connectivity index (χ0) is 19.8. The average Bonchev–Trinajstić information content (AvgIpc) is 3.01. The molecule has 1 unspecified atom stereocenters. The maximum Gasteiger partial charge on any atom is 0.338 e. The molecule has 27 heavy (non-hydrogen) atoms. The van der Waals surface area contributed by atoms with Crippen LogP contribution >= 0.6 is 0 Å². The van der Waals surface area contributed by atoms with E-state index in [0.29, 0.717) is 18.6 Å². The Balaban J connectivity index is 1.90. The molecule has 0 aromatic heterocycles. The molecule has 0 spiro atoms. The number of hydrogen-bond donors (Lipinski definition) is 1. The minimum absolute atomic E-state index is 0.106. The van der Waals surface area contributed by atoms with Crippen LogP contribution in [0.2, 0.25) is 0 Å². The van der Waals surface area contributed by atoms with Crippen LogP contribution in [0.3, 0.4) is 0 Å². The predicted molar refractivity (Wildman–Crippen MR) is 102 cm³/mol. The second-order valence-electron chi connectivity index (χ2n) is 8.69. The standard InChI is InChI=1S/C22H30O5/c1-14-5-8-18-21(3,17(14)7-6-16-10-12-26-20(16)25)11-9-19(24)22(18,4)13-27-15(2)23/h6-7,10,17-19,24H,1,5,8-9,11-13H2,2-4H3/b7-6+/t17-,18?,19-,21+,22+/m1/s1. The van der Waals surface area contributed by atoms with Gasteiger partial charge in [0.15, 0.2) is 0 Å². The maximum absolute atomic E-state index is 11.7. The van der Waals surface area contributed by atoms with Crippen molar-refractivity contribution < 1.29 is 24.2 Å². The van der Waals surface area contributed by atoms with Gasteiger partial charge in [-0.25, -0.2) is 4.79 Å². The van der Waals surface area contributed by atoms with E-state index >= 15 is 0 Å². The smallest absolute Gasteiger partial charge is 0.338 e. The first-order chi connectivity index (χ1) is 12.7. The Morgan fingerprint density at radius 1 is 1.44 bits per heavy atom. The summed E-state index contributed by atoms with van der Waals surface area (Å²) in [5.74, 6) is -0.306. The molecule has 0 aromatic rings. The molecule has 2 aliphatic carbocycles. The minimum Gasteiger partial charge on any atom is -0.465 e. The van der Waals surface area contributed by atoms with Gasteiger partial charge in [-0.3, -0.25) is 4.79 Å². The quantitative estimate of drug-likeness (QED) is 0.603. The van der Waals surface area contributed by atoms with Gasteiger partial charge in [-0.2, -0.15) is 0 Å². The topological polar surface area (TPSA) is 72.8 Å². The Labute approximate surface area is 161 Å². The van der Waals surface area contributed by atoms with E-state index in [1.807, 2.05) is 13.0 Å². The fourth-order valence-corrected chi connectivity index (χ4v) is 5.44. The summed E-state index contributed by atoms with van der Waals surface area (Å²) in [6, 6.07) is 0. The third-order valence-corrected chi connectivity index (χ3v) is 7.02. The van der Waals surface area contributed by atoms with Gasteiger partial charge in [0.25, 0.3) is 0 Å². The third-order valence-electron chi connectivity index (χ3n) is 7.02. The lowest BCUT2D eigenvalue weighted by atomic mass is 9.46. The fourth-order valence-electron chi connectivity index (χ4n) is 5.44. The van der Waals surface area contributed by atoms with E-state index in [9.17, 15) is 14.7 Å². The first-order valence-electron chi connectivity index (χ1n) is 9.73. The monoisotopic (exact) mass is 374 g/mol. The lowest BCUT2D eigenvalue weighted by Gasteiger charge is -2.59. The second-order valence-corrected chi connectivity index (χ2v) is 8.69. The Morgan fingerprint density at radius 2 is 2.19 bits per heavy atom. The summed E-state index contributed by atoms with van der Waals surface area (Å²) in [7, 11) is 0. The average molecular weight is 374 g/mol. The molecule has 3 rings (SSSR count). The third kappa shape index (κ3) is 3.49. The zero-order valence-electron chi connectivity index (χ0n) is 16.5. The number of ether oxygens (including phenoxy) is 2. The number of cyclic esters (lactones) is 1. The lowest BCUT2D eigenvalue weighted by Crippen LogP contribution is -2.57. The molecule has 1 N–H and O–H groups in total. The summed E-state index contributed by atoms with van der Waals surface area (Å²) < 4.78 is 10.3. The molecule has 0 bridgehead atoms. The first kappa shape index (κ1) is 19.9. The van der Waals surface area contributed by atoms with Crippen molar-refractivity contribution in [2.45, 2.75) is 52.6 Å². The van der Waals surface area contributed by atoms with Crippen LogP contribution in [0, 0.1) is 22.7 Å². The number of carbonyl (C=O) groups excluding carboxylic acids is 2. The van der Waals surface area contributed by atoms with Crippen LogP contribution in [0.5, 0.6) is 0 Å². The molecule has 1 aliphatic heterocycles. The number of aliphatic hydroxyl groups excluding tert-OH is 1. The highest BCUT2D eigenvalue weighted by molar-refractivity contribution is 5.93. The second kappa shape index (κ2) is 7.27. The molecule has 0 radical (unpaired) electrons. The molecule has 2 fully saturated rings. The van der Waals surface area contributed by atoms with Crippen LogP contribution in [0.1, 0.15) is 46.5 Å². The zero-order valence-corrected chi connectivity index (χ0v) is 16.5. The van der Waals surface area contributed by atoms with E-state index in [0.717, 1.165) is 24.8 Å². The van der Waals surface area contributed by atoms with E-state index in [-0.39, 0.29) is 35.8 Å². The van der Waals surface area contributed by atoms with Crippen molar-refractivity contribution in [3.8, 4) is 0 Å². The van der Waals surface area contributed by atoms with Gasteiger partial charge in [-0.15, -0.1) is 0 Å². The van der Waals surface area contributed by atoms with E-state index < -0.39 is 11.5 Å². The number of hydrogen-bond acceptors (Lipinski definition) is 5. The number of rotatable bonds is 4. The molecule has 0 amide bonds. The highest BCUT2D eigenvalue weighted by Crippen LogP contribution is 2.61. The number of esters is 2. The summed E-state index contributed by atoms with van der Waals surface area (Å²) in [6.07, 6.45) is 8.53. The largest absolute Gasteiger partial charge is 0.465 e. The maximum atomic E-state index is 11.7. The highest BCUT2D eigenvalue weighted by atomic mass is 16.5. The summed E-state index contributed by atoms with van der Waals surface area (Å²) in [5.41, 5.74) is 1.15. The van der Waals surface area contributed by atoms with Crippen molar-refractivity contribution in [2.75, 3.05) is 13.2 Å². The van der Waals surface area contributed by atoms with Crippen LogP contribution in [0.4, 0.5) is 0 Å². The van der Waals surface area contributed by atoms with Crippen LogP contribution in [0.15, 0.2) is 36.0 Å². The molecular formula is C22H30O5. The van der Waals surface area contributed by atoms with Crippen molar-refractivity contribution in [3.63, 3.8) is 0 Å². The number of allylic oxidation sites excluding steroid dienone is 2. The van der Waals surface area contributed by atoms with Gasteiger partial charge in [-0.1, -0.05) is 38.2 Å². The van der Waals surface area contributed by atoms with Crippen LogP contribution in [-0.4, -0.2) is 36.4 Å². The summed E-state index contributed by atoms with van der Waals surface area (Å²) >= 11 is 0. The number of fused-ring (bicyclic) bond motifs is 1. The van der Waals surface area contributed by atoms with E-state index in [2.05, 4.69) is 19.6 Å². The molecule has 2 saturated carbocycles. The van der Waals surface area contributed by atoms with Gasteiger partial charge in [0.2, 0.25) is 0 Å². The van der Waals surface area contributed by atoms with Gasteiger partial charge < -0.3 is 14.6 Å². The fraction of sp³-hybridized carbons (Fsp3) is 0.636. The van der Waals surface area contributed by atoms with E-state index in [1.165, 1.54) is 6.92 Å². The van der Waals surface area contributed by atoms with Crippen molar-refractivity contribution in [2.24, 2.45) is 22.7 Å². The summed E-state index contributed by atoms with van der Waals surface area (Å²) in [6.45, 7) is 10.5. The van der Waals surface area contributed by atoms with Gasteiger partial charge >= 0.3 is 11.9 Å². The predicted octanol–water partition coefficient (Wildman–Crippen LogP) is 3.34. The normalized spacial score (nSPS) is 39.1. The van der Waals surface area contributed by atoms with Gasteiger partial charge in [-0.05, 0) is 43.1 Å². The van der Waals surface area contributed by atoms with Crippen molar-refractivity contribution in [3.05, 3.63) is 36.0 Å². The SMILES string of the molecule is C=C1CCC2[C@](C)(COC(C)=O)[C@H](O)CC[C@@]2(C)[C@@H]1/C=C/C1=CCOC1=O. The van der Waals surface area contributed by atoms with Gasteiger partial charge in [0.05, 0.1) is 18.3 Å². The van der Waals surface area contributed by atoms with Crippen molar-refractivity contribution in [1.29, 1.82) is 0 Å². The Hall–Kier alpha value is -1.88. The molecule has 148 valence electrons. The molecule has 0 saturated heterocycles. The minimum atomic E-state index is -0.501. The van der Waals surface area contributed by atoms with Crippen LogP contribution in [0.25, 0.3) is 0 Å². The van der Waals surface area contributed by atoms with Gasteiger partial charge in [0.1, 0.15) is 6.61 Å². The van der Waals surface area contributed by atoms with Crippen molar-refractivity contribution >= 4 is 11.9 Å². The number of aliphatic hydroxyl groups is 1. The van der Waals surface area contributed by atoms with Crippen molar-refractivity contribution in [1.82, 2.24) is 0 Å². The first-order valence-corrected chi connectivity index (χ1v) is 9.73. The van der Waals surface area contributed by atoms with Crippen LogP contribution in [-0.2, 0) is 19.1 Å². The summed E-state index contributed by atoms with van der Waals surface area (Å²) in [5, 5.41) is 10.8. The molecule has 5 nitrogen and oxygen atoms in total. The molecular weight excluding hydrogens is 344 g/mol. The molecule has 1 heterocycles. The van der Waals surface area contributed by atoms with E-state index in [4.69, 9.17) is 9.47 Å². The molecule has 3 aliphatic rings. The van der Waals surface area contributed by atoms with E-state index in [1.54, 1.807) is 6.08 Å². The summed E-state index contributed by atoms with van der Waals surface area (Å²) in [4.78, 5) is 23.1. The Morgan fingerprint density at radius 3 is 2.81 bits per heavy atom. The molecule has 5 atom stereocenters. The Kier molecular flexibility index (Phi) is 5.35. The number of carbonyl (C=O) groups is 2. The molecule has 0 aromatic carbocycles. The lowest BCUT2D eigenvalue weighted by molar-refractivity contribution is -0.170. The molecule has 5 heteroatoms.